The van der Waals surface area contributed by atoms with Gasteiger partial charge in [0.25, 0.3) is 0 Å². The summed E-state index contributed by atoms with van der Waals surface area (Å²) in [4.78, 5) is 12.0. The van der Waals surface area contributed by atoms with Crippen LogP contribution in [0, 0.1) is 0 Å². The normalized spacial score (nSPS) is 16.7. The average Bonchev–Trinajstić information content (AvgIpc) is 2.84. The standard InChI is InChI=1S/C14H20N2O2.ClH/c15-14(6-1-2-7-14)13(18)16-9-11-4-3-5-12(8-11)10-17;/h3-5,8,17H,1-2,6-7,9-10,15H2,(H,16,18);1H. The summed E-state index contributed by atoms with van der Waals surface area (Å²) in [5, 5.41) is 11.9. The lowest BCUT2D eigenvalue weighted by molar-refractivity contribution is -0.126. The molecule has 0 heterocycles. The van der Waals surface area contributed by atoms with Gasteiger partial charge in [-0.05, 0) is 24.0 Å². The number of carbonyl (C=O) groups excluding carboxylic acids is 1. The molecule has 1 aliphatic rings. The number of hydrogen-bond acceptors (Lipinski definition) is 3. The van der Waals surface area contributed by atoms with E-state index in [2.05, 4.69) is 5.32 Å². The van der Waals surface area contributed by atoms with E-state index in [9.17, 15) is 4.79 Å². The highest BCUT2D eigenvalue weighted by Gasteiger charge is 2.36. The molecule has 19 heavy (non-hydrogen) atoms. The lowest BCUT2D eigenvalue weighted by atomic mass is 9.98. The molecule has 5 heteroatoms. The summed E-state index contributed by atoms with van der Waals surface area (Å²) in [5.74, 6) is -0.0607. The van der Waals surface area contributed by atoms with Gasteiger partial charge in [-0.2, -0.15) is 0 Å². The fourth-order valence-corrected chi connectivity index (χ4v) is 2.43. The van der Waals surface area contributed by atoms with Crippen molar-refractivity contribution < 1.29 is 9.90 Å². The second-order valence-corrected chi connectivity index (χ2v) is 5.02. The quantitative estimate of drug-likeness (QED) is 0.784. The maximum absolute atomic E-state index is 12.0. The number of aliphatic hydroxyl groups is 1. The van der Waals surface area contributed by atoms with Crippen molar-refractivity contribution in [2.45, 2.75) is 44.4 Å². The van der Waals surface area contributed by atoms with Gasteiger partial charge in [0.05, 0.1) is 12.1 Å². The minimum absolute atomic E-state index is 0. The van der Waals surface area contributed by atoms with Gasteiger partial charge in [-0.15, -0.1) is 12.4 Å². The zero-order valence-electron chi connectivity index (χ0n) is 10.9. The molecule has 1 aromatic carbocycles. The lowest BCUT2D eigenvalue weighted by Crippen LogP contribution is -2.51. The molecule has 106 valence electrons. The van der Waals surface area contributed by atoms with Crippen LogP contribution in [-0.4, -0.2) is 16.6 Å². The van der Waals surface area contributed by atoms with Crippen molar-refractivity contribution in [1.82, 2.24) is 5.32 Å². The fraction of sp³-hybridized carbons (Fsp3) is 0.500. The number of hydrogen-bond donors (Lipinski definition) is 3. The number of halogens is 1. The van der Waals surface area contributed by atoms with E-state index in [0.29, 0.717) is 6.54 Å². The first-order chi connectivity index (χ1) is 8.64. The number of nitrogens with two attached hydrogens (primary N) is 1. The molecule has 1 fully saturated rings. The predicted molar refractivity (Wildman–Crippen MR) is 76.8 cm³/mol. The molecule has 0 unspecified atom stereocenters. The summed E-state index contributed by atoms with van der Waals surface area (Å²) in [5.41, 5.74) is 7.23. The SMILES string of the molecule is Cl.NC1(C(=O)NCc2cccc(CO)c2)CCCC1. The molecule has 4 N–H and O–H groups in total. The van der Waals surface area contributed by atoms with E-state index < -0.39 is 5.54 Å². The molecule has 0 atom stereocenters. The lowest BCUT2D eigenvalue weighted by Gasteiger charge is -2.22. The summed E-state index contributed by atoms with van der Waals surface area (Å²) in [6.45, 7) is 0.480. The Morgan fingerprint density at radius 3 is 2.58 bits per heavy atom. The Balaban J connectivity index is 0.00000180. The van der Waals surface area contributed by atoms with Gasteiger partial charge in [0, 0.05) is 6.54 Å². The number of rotatable bonds is 4. The molecule has 2 rings (SSSR count). The molecular formula is C14H21ClN2O2. The van der Waals surface area contributed by atoms with Gasteiger partial charge in [-0.25, -0.2) is 0 Å². The van der Waals surface area contributed by atoms with Crippen molar-refractivity contribution in [3.63, 3.8) is 0 Å². The van der Waals surface area contributed by atoms with Crippen molar-refractivity contribution in [2.24, 2.45) is 5.73 Å². The van der Waals surface area contributed by atoms with E-state index >= 15 is 0 Å². The number of benzene rings is 1. The number of amides is 1. The maximum atomic E-state index is 12.0. The molecule has 1 amide bonds. The fourth-order valence-electron chi connectivity index (χ4n) is 2.43. The molecule has 1 aliphatic carbocycles. The monoisotopic (exact) mass is 284 g/mol. The van der Waals surface area contributed by atoms with Crippen molar-refractivity contribution in [1.29, 1.82) is 0 Å². The van der Waals surface area contributed by atoms with Crippen LogP contribution in [0.25, 0.3) is 0 Å². The van der Waals surface area contributed by atoms with Crippen LogP contribution in [0.1, 0.15) is 36.8 Å². The summed E-state index contributed by atoms with van der Waals surface area (Å²) >= 11 is 0. The van der Waals surface area contributed by atoms with Gasteiger partial charge in [0.2, 0.25) is 5.91 Å². The molecule has 1 saturated carbocycles. The number of carbonyl (C=O) groups is 1. The third-order valence-corrected chi connectivity index (χ3v) is 3.58. The largest absolute Gasteiger partial charge is 0.392 e. The van der Waals surface area contributed by atoms with Crippen molar-refractivity contribution in [3.8, 4) is 0 Å². The first kappa shape index (κ1) is 16.0. The van der Waals surface area contributed by atoms with Crippen LogP contribution in [0.15, 0.2) is 24.3 Å². The third kappa shape index (κ3) is 3.93. The molecule has 4 nitrogen and oxygen atoms in total. The predicted octanol–water partition coefficient (Wildman–Crippen LogP) is 1.49. The van der Waals surface area contributed by atoms with Gasteiger partial charge < -0.3 is 16.2 Å². The Morgan fingerprint density at radius 1 is 1.32 bits per heavy atom. The molecule has 0 saturated heterocycles. The van der Waals surface area contributed by atoms with Crippen LogP contribution < -0.4 is 11.1 Å². The summed E-state index contributed by atoms with van der Waals surface area (Å²) in [6.07, 6.45) is 3.61. The van der Waals surface area contributed by atoms with E-state index in [1.807, 2.05) is 24.3 Å². The van der Waals surface area contributed by atoms with Gasteiger partial charge in [0.15, 0.2) is 0 Å². The number of nitrogens with one attached hydrogen (secondary N) is 1. The Labute approximate surface area is 119 Å². The molecule has 0 aliphatic heterocycles. The smallest absolute Gasteiger partial charge is 0.240 e. The Kier molecular flexibility index (Phi) is 5.79. The highest BCUT2D eigenvalue weighted by atomic mass is 35.5. The molecule has 0 spiro atoms. The van der Waals surface area contributed by atoms with Gasteiger partial charge in [0.1, 0.15) is 0 Å². The third-order valence-electron chi connectivity index (χ3n) is 3.58. The Bertz CT molecular complexity index is 431. The maximum Gasteiger partial charge on any atom is 0.240 e. The van der Waals surface area contributed by atoms with Gasteiger partial charge >= 0.3 is 0 Å². The van der Waals surface area contributed by atoms with Crippen LogP contribution in [0.3, 0.4) is 0 Å². The van der Waals surface area contributed by atoms with Crippen LogP contribution in [-0.2, 0) is 17.9 Å². The van der Waals surface area contributed by atoms with Crippen LogP contribution >= 0.6 is 12.4 Å². The zero-order valence-corrected chi connectivity index (χ0v) is 11.7. The summed E-state index contributed by atoms with van der Waals surface area (Å²) < 4.78 is 0. The van der Waals surface area contributed by atoms with Crippen molar-refractivity contribution in [2.75, 3.05) is 0 Å². The molecule has 0 bridgehead atoms. The van der Waals surface area contributed by atoms with E-state index in [0.717, 1.165) is 36.8 Å². The first-order valence-corrected chi connectivity index (χ1v) is 6.40. The topological polar surface area (TPSA) is 75.4 Å². The van der Waals surface area contributed by atoms with E-state index in [1.54, 1.807) is 0 Å². The van der Waals surface area contributed by atoms with Crippen LogP contribution in [0.4, 0.5) is 0 Å². The minimum Gasteiger partial charge on any atom is -0.392 e. The van der Waals surface area contributed by atoms with Crippen LogP contribution in [0.5, 0.6) is 0 Å². The molecule has 0 aromatic heterocycles. The molecule has 1 aromatic rings. The van der Waals surface area contributed by atoms with E-state index in [1.165, 1.54) is 0 Å². The summed E-state index contributed by atoms with van der Waals surface area (Å²) in [7, 11) is 0. The average molecular weight is 285 g/mol. The Morgan fingerprint density at radius 2 is 1.95 bits per heavy atom. The van der Waals surface area contributed by atoms with Gasteiger partial charge in [-0.3, -0.25) is 4.79 Å². The highest BCUT2D eigenvalue weighted by molar-refractivity contribution is 5.86. The number of aliphatic hydroxyl groups excluding tert-OH is 1. The second kappa shape index (κ2) is 6.89. The zero-order chi connectivity index (χ0) is 13.0. The first-order valence-electron chi connectivity index (χ1n) is 6.40. The summed E-state index contributed by atoms with van der Waals surface area (Å²) in [6, 6.07) is 7.54. The van der Waals surface area contributed by atoms with Gasteiger partial charge in [-0.1, -0.05) is 37.1 Å². The molecule has 0 radical (unpaired) electrons. The highest BCUT2D eigenvalue weighted by Crippen LogP contribution is 2.27. The van der Waals surface area contributed by atoms with Crippen molar-refractivity contribution >= 4 is 18.3 Å². The Hall–Kier alpha value is -1.10. The second-order valence-electron chi connectivity index (χ2n) is 5.02. The minimum atomic E-state index is -0.672. The van der Waals surface area contributed by atoms with E-state index in [4.69, 9.17) is 10.8 Å². The van der Waals surface area contributed by atoms with Crippen molar-refractivity contribution in [3.05, 3.63) is 35.4 Å². The van der Waals surface area contributed by atoms with E-state index in [-0.39, 0.29) is 24.9 Å². The molecular weight excluding hydrogens is 264 g/mol. The van der Waals surface area contributed by atoms with Crippen LogP contribution in [0.2, 0.25) is 0 Å².